The van der Waals surface area contributed by atoms with Gasteiger partial charge in [0.2, 0.25) is 0 Å². The van der Waals surface area contributed by atoms with Crippen LogP contribution in [0.4, 0.5) is 0 Å². The van der Waals surface area contributed by atoms with Gasteiger partial charge in [-0.3, -0.25) is 0 Å². The normalized spacial score (nSPS) is 11.6. The topological polar surface area (TPSA) is 23.9 Å². The monoisotopic (exact) mass is 249 g/mol. The maximum absolute atomic E-state index is 8.18. The largest absolute Gasteiger partial charge is 0.300 e. The SMILES string of the molecule is C=C(CCCCCCC)C(=N)/C(=C/CCC)CC. The van der Waals surface area contributed by atoms with Crippen LogP contribution in [0.3, 0.4) is 0 Å². The van der Waals surface area contributed by atoms with Gasteiger partial charge in [0.05, 0.1) is 5.71 Å². The van der Waals surface area contributed by atoms with E-state index in [1.165, 1.54) is 37.7 Å². The lowest BCUT2D eigenvalue weighted by molar-refractivity contribution is 0.634. The molecule has 0 aromatic rings. The maximum atomic E-state index is 8.18. The second-order valence-electron chi connectivity index (χ2n) is 5.01. The van der Waals surface area contributed by atoms with Gasteiger partial charge in [-0.15, -0.1) is 0 Å². The Balaban J connectivity index is 4.04. The molecule has 0 heterocycles. The average molecular weight is 249 g/mol. The molecule has 1 heteroatoms. The van der Waals surface area contributed by atoms with E-state index >= 15 is 0 Å². The molecule has 0 rings (SSSR count). The maximum Gasteiger partial charge on any atom is 0.0594 e. The Labute approximate surface area is 114 Å². The molecule has 0 spiro atoms. The summed E-state index contributed by atoms with van der Waals surface area (Å²) in [5, 5.41) is 8.18. The fourth-order valence-electron chi connectivity index (χ4n) is 2.04. The fourth-order valence-corrected chi connectivity index (χ4v) is 2.04. The molecule has 0 saturated heterocycles. The summed E-state index contributed by atoms with van der Waals surface area (Å²) in [7, 11) is 0. The van der Waals surface area contributed by atoms with Crippen LogP contribution in [0.2, 0.25) is 0 Å². The number of hydrogen-bond acceptors (Lipinski definition) is 1. The lowest BCUT2D eigenvalue weighted by Crippen LogP contribution is -2.04. The molecule has 0 aliphatic rings. The number of nitrogens with one attached hydrogen (secondary N) is 1. The summed E-state index contributed by atoms with van der Waals surface area (Å²) in [5.41, 5.74) is 2.90. The van der Waals surface area contributed by atoms with Gasteiger partial charge in [0.25, 0.3) is 0 Å². The second-order valence-corrected chi connectivity index (χ2v) is 5.01. The van der Waals surface area contributed by atoms with E-state index in [1.807, 2.05) is 0 Å². The van der Waals surface area contributed by atoms with Gasteiger partial charge >= 0.3 is 0 Å². The Morgan fingerprint density at radius 1 is 1.00 bits per heavy atom. The van der Waals surface area contributed by atoms with Crippen LogP contribution in [0.5, 0.6) is 0 Å². The predicted molar refractivity (Wildman–Crippen MR) is 83.5 cm³/mol. The van der Waals surface area contributed by atoms with Crippen LogP contribution in [0.1, 0.15) is 78.6 Å². The molecule has 0 bridgehead atoms. The molecule has 0 aliphatic heterocycles. The quantitative estimate of drug-likeness (QED) is 0.340. The third-order valence-electron chi connectivity index (χ3n) is 3.32. The van der Waals surface area contributed by atoms with Crippen molar-refractivity contribution in [2.75, 3.05) is 0 Å². The van der Waals surface area contributed by atoms with Crippen LogP contribution in [-0.4, -0.2) is 5.71 Å². The standard InChI is InChI=1S/C17H31N/c1-5-8-10-11-12-13-15(4)17(18)16(7-3)14-9-6-2/h14,18H,4-13H2,1-3H3/b16-14+,18-17?. The van der Waals surface area contributed by atoms with Crippen molar-refractivity contribution in [1.29, 1.82) is 5.41 Å². The summed E-state index contributed by atoms with van der Waals surface area (Å²) in [6.07, 6.45) is 12.8. The summed E-state index contributed by atoms with van der Waals surface area (Å²) in [4.78, 5) is 0. The molecule has 0 atom stereocenters. The Morgan fingerprint density at radius 2 is 1.67 bits per heavy atom. The van der Waals surface area contributed by atoms with Crippen molar-refractivity contribution in [2.24, 2.45) is 0 Å². The number of allylic oxidation sites excluding steroid dienone is 3. The van der Waals surface area contributed by atoms with E-state index in [0.29, 0.717) is 5.71 Å². The van der Waals surface area contributed by atoms with Gasteiger partial charge in [0.15, 0.2) is 0 Å². The van der Waals surface area contributed by atoms with Crippen LogP contribution in [-0.2, 0) is 0 Å². The molecule has 0 aromatic heterocycles. The molecular weight excluding hydrogens is 218 g/mol. The summed E-state index contributed by atoms with van der Waals surface area (Å²) < 4.78 is 0. The minimum Gasteiger partial charge on any atom is -0.300 e. The van der Waals surface area contributed by atoms with E-state index in [-0.39, 0.29) is 0 Å². The highest BCUT2D eigenvalue weighted by atomic mass is 14.4. The molecule has 18 heavy (non-hydrogen) atoms. The zero-order valence-electron chi connectivity index (χ0n) is 12.6. The smallest absolute Gasteiger partial charge is 0.0594 e. The molecule has 0 aromatic carbocycles. The third-order valence-corrected chi connectivity index (χ3v) is 3.32. The first kappa shape index (κ1) is 17.2. The molecule has 0 fully saturated rings. The van der Waals surface area contributed by atoms with Crippen molar-refractivity contribution in [3.63, 3.8) is 0 Å². The van der Waals surface area contributed by atoms with E-state index in [9.17, 15) is 0 Å². The van der Waals surface area contributed by atoms with Crippen molar-refractivity contribution < 1.29 is 0 Å². The zero-order valence-corrected chi connectivity index (χ0v) is 12.6. The van der Waals surface area contributed by atoms with E-state index < -0.39 is 0 Å². The van der Waals surface area contributed by atoms with E-state index in [2.05, 4.69) is 33.4 Å². The Hall–Kier alpha value is -0.850. The van der Waals surface area contributed by atoms with Gasteiger partial charge in [0, 0.05) is 0 Å². The molecular formula is C17H31N. The van der Waals surface area contributed by atoms with Crippen molar-refractivity contribution in [3.8, 4) is 0 Å². The number of rotatable bonds is 11. The number of unbranched alkanes of at least 4 members (excludes halogenated alkanes) is 5. The van der Waals surface area contributed by atoms with E-state index in [4.69, 9.17) is 5.41 Å². The summed E-state index contributed by atoms with van der Waals surface area (Å²) in [5.74, 6) is 0. The number of hydrogen-bond donors (Lipinski definition) is 1. The van der Waals surface area contributed by atoms with E-state index in [1.54, 1.807) is 0 Å². The van der Waals surface area contributed by atoms with Crippen LogP contribution in [0.15, 0.2) is 23.8 Å². The highest BCUT2D eigenvalue weighted by molar-refractivity contribution is 6.09. The Bertz CT molecular complexity index is 273. The predicted octanol–water partition coefficient (Wildman–Crippen LogP) is 6.06. The lowest BCUT2D eigenvalue weighted by atomic mass is 9.96. The van der Waals surface area contributed by atoms with Crippen molar-refractivity contribution in [2.45, 2.75) is 78.6 Å². The molecule has 0 saturated carbocycles. The lowest BCUT2D eigenvalue weighted by Gasteiger charge is -2.10. The van der Waals surface area contributed by atoms with E-state index in [0.717, 1.165) is 31.3 Å². The van der Waals surface area contributed by atoms with Crippen LogP contribution in [0.25, 0.3) is 0 Å². The van der Waals surface area contributed by atoms with Crippen molar-refractivity contribution in [1.82, 2.24) is 0 Å². The molecule has 1 nitrogen and oxygen atoms in total. The first-order valence-corrected chi connectivity index (χ1v) is 7.63. The van der Waals surface area contributed by atoms with Gasteiger partial charge in [0.1, 0.15) is 0 Å². The van der Waals surface area contributed by atoms with Gasteiger partial charge in [-0.1, -0.05) is 65.5 Å². The third kappa shape index (κ3) is 7.47. The zero-order chi connectivity index (χ0) is 13.8. The van der Waals surface area contributed by atoms with Gasteiger partial charge in [-0.2, -0.15) is 0 Å². The fraction of sp³-hybridized carbons (Fsp3) is 0.706. The Kier molecular flexibility index (Phi) is 10.7. The first-order valence-electron chi connectivity index (χ1n) is 7.63. The molecule has 0 amide bonds. The molecule has 1 N–H and O–H groups in total. The first-order chi connectivity index (χ1) is 8.67. The van der Waals surface area contributed by atoms with Crippen LogP contribution >= 0.6 is 0 Å². The summed E-state index contributed by atoms with van der Waals surface area (Å²) >= 11 is 0. The highest BCUT2D eigenvalue weighted by Crippen LogP contribution is 2.16. The molecule has 0 radical (unpaired) electrons. The van der Waals surface area contributed by atoms with Crippen LogP contribution < -0.4 is 0 Å². The van der Waals surface area contributed by atoms with Gasteiger partial charge < -0.3 is 5.41 Å². The van der Waals surface area contributed by atoms with Crippen molar-refractivity contribution >= 4 is 5.71 Å². The summed E-state index contributed by atoms with van der Waals surface area (Å²) in [6.45, 7) is 10.6. The second kappa shape index (κ2) is 11.3. The highest BCUT2D eigenvalue weighted by Gasteiger charge is 2.06. The van der Waals surface area contributed by atoms with Gasteiger partial charge in [-0.05, 0) is 36.8 Å². The average Bonchev–Trinajstić information content (AvgIpc) is 2.38. The molecule has 0 unspecified atom stereocenters. The van der Waals surface area contributed by atoms with Crippen molar-refractivity contribution in [3.05, 3.63) is 23.8 Å². The van der Waals surface area contributed by atoms with Gasteiger partial charge in [-0.25, -0.2) is 0 Å². The minimum atomic E-state index is 0.696. The Morgan fingerprint density at radius 3 is 2.22 bits per heavy atom. The molecule has 104 valence electrons. The summed E-state index contributed by atoms with van der Waals surface area (Å²) in [6, 6.07) is 0. The molecule has 0 aliphatic carbocycles. The minimum absolute atomic E-state index is 0.696. The van der Waals surface area contributed by atoms with Crippen LogP contribution in [0, 0.1) is 5.41 Å².